The lowest BCUT2D eigenvalue weighted by Gasteiger charge is -2.11. The summed E-state index contributed by atoms with van der Waals surface area (Å²) in [5.74, 6) is 0. The molecule has 0 bridgehead atoms. The monoisotopic (exact) mass is 428 g/mol. The smallest absolute Gasteiger partial charge is 0.272 e. The second-order valence-electron chi connectivity index (χ2n) is 4.34. The van der Waals surface area contributed by atoms with Gasteiger partial charge in [-0.25, -0.2) is 0 Å². The topological polar surface area (TPSA) is 55.2 Å². The molecule has 0 heterocycles. The molecule has 0 aliphatic heterocycles. The van der Waals surface area contributed by atoms with Gasteiger partial charge >= 0.3 is 0 Å². The van der Waals surface area contributed by atoms with Gasteiger partial charge in [-0.15, -0.1) is 0 Å². The van der Waals surface area contributed by atoms with Crippen molar-refractivity contribution >= 4 is 60.4 Å². The molecule has 0 aliphatic rings. The Kier molecular flexibility index (Phi) is 5.08. The number of aryl methyl sites for hydroxylation is 1. The minimum Gasteiger partial charge on any atom is -0.345 e. The number of hydrogen-bond acceptors (Lipinski definition) is 3. The summed E-state index contributed by atoms with van der Waals surface area (Å²) in [6.45, 7) is 1.69. The van der Waals surface area contributed by atoms with Crippen molar-refractivity contribution in [1.82, 2.24) is 0 Å². The molecule has 0 saturated carbocycles. The van der Waals surface area contributed by atoms with Gasteiger partial charge in [0.05, 0.1) is 10.6 Å². The molecular formula is C14H10Br2N2O2S. The molecule has 1 N–H and O–H groups in total. The van der Waals surface area contributed by atoms with Gasteiger partial charge < -0.3 is 5.32 Å². The molecule has 0 unspecified atom stereocenters. The second-order valence-corrected chi connectivity index (χ2v) is 6.51. The van der Waals surface area contributed by atoms with Crippen LogP contribution in [0.4, 0.5) is 11.4 Å². The third-order valence-corrected chi connectivity index (χ3v) is 4.35. The number of nitro benzene ring substituents is 1. The Hall–Kier alpha value is -1.31. The van der Waals surface area contributed by atoms with Gasteiger partial charge in [0.1, 0.15) is 4.99 Å². The molecule has 0 radical (unpaired) electrons. The van der Waals surface area contributed by atoms with Gasteiger partial charge in [-0.1, -0.05) is 28.1 Å². The molecule has 0 spiro atoms. The first-order valence-corrected chi connectivity index (χ1v) is 7.89. The number of benzene rings is 2. The van der Waals surface area contributed by atoms with E-state index < -0.39 is 4.92 Å². The van der Waals surface area contributed by atoms with Gasteiger partial charge in [-0.2, -0.15) is 0 Å². The lowest BCUT2D eigenvalue weighted by molar-refractivity contribution is -0.385. The maximum absolute atomic E-state index is 10.8. The summed E-state index contributed by atoms with van der Waals surface area (Å²) in [5.41, 5.74) is 2.23. The lowest BCUT2D eigenvalue weighted by atomic mass is 10.1. The third kappa shape index (κ3) is 3.87. The van der Waals surface area contributed by atoms with Gasteiger partial charge in [0, 0.05) is 26.1 Å². The Labute approximate surface area is 144 Å². The molecule has 2 rings (SSSR count). The summed E-state index contributed by atoms with van der Waals surface area (Å²) in [7, 11) is 0. The third-order valence-electron chi connectivity index (χ3n) is 2.83. The van der Waals surface area contributed by atoms with E-state index in [4.69, 9.17) is 12.2 Å². The van der Waals surface area contributed by atoms with Crippen molar-refractivity contribution in [3.05, 3.63) is 66.6 Å². The van der Waals surface area contributed by atoms with Crippen molar-refractivity contribution in [3.63, 3.8) is 0 Å². The van der Waals surface area contributed by atoms with Crippen LogP contribution in [0.3, 0.4) is 0 Å². The number of nitrogens with zero attached hydrogens (tertiary/aromatic N) is 1. The minimum absolute atomic E-state index is 0.0881. The van der Waals surface area contributed by atoms with E-state index >= 15 is 0 Å². The number of hydrogen-bond donors (Lipinski definition) is 1. The van der Waals surface area contributed by atoms with E-state index in [-0.39, 0.29) is 5.69 Å². The quantitative estimate of drug-likeness (QED) is 0.413. The maximum atomic E-state index is 10.8. The maximum Gasteiger partial charge on any atom is 0.272 e. The van der Waals surface area contributed by atoms with E-state index in [9.17, 15) is 10.1 Å². The van der Waals surface area contributed by atoms with Crippen LogP contribution in [0.5, 0.6) is 0 Å². The lowest BCUT2D eigenvalue weighted by Crippen LogP contribution is -2.11. The number of halogens is 2. The van der Waals surface area contributed by atoms with Crippen LogP contribution in [0.25, 0.3) is 0 Å². The van der Waals surface area contributed by atoms with Crippen LogP contribution in [-0.4, -0.2) is 9.91 Å². The van der Waals surface area contributed by atoms with Gasteiger partial charge in [-0.3, -0.25) is 10.1 Å². The van der Waals surface area contributed by atoms with Crippen LogP contribution >= 0.6 is 44.1 Å². The zero-order chi connectivity index (χ0) is 15.6. The second kappa shape index (κ2) is 6.64. The number of thiocarbonyl (C=S) groups is 1. The summed E-state index contributed by atoms with van der Waals surface area (Å²) in [6.07, 6.45) is 0. The molecule has 4 nitrogen and oxygen atoms in total. The Morgan fingerprint density at radius 3 is 2.57 bits per heavy atom. The Morgan fingerprint density at radius 2 is 1.95 bits per heavy atom. The van der Waals surface area contributed by atoms with Gasteiger partial charge in [-0.05, 0) is 53.2 Å². The van der Waals surface area contributed by atoms with Crippen LogP contribution in [0, 0.1) is 17.0 Å². The van der Waals surface area contributed by atoms with E-state index in [1.807, 2.05) is 18.2 Å². The molecule has 108 valence electrons. The van der Waals surface area contributed by atoms with Crippen LogP contribution in [-0.2, 0) is 0 Å². The molecule has 7 heteroatoms. The molecule has 0 aromatic heterocycles. The fourth-order valence-electron chi connectivity index (χ4n) is 1.79. The summed E-state index contributed by atoms with van der Waals surface area (Å²) in [5, 5.41) is 13.9. The molecule has 2 aromatic rings. The van der Waals surface area contributed by atoms with Crippen molar-refractivity contribution < 1.29 is 4.92 Å². The minimum atomic E-state index is -0.402. The van der Waals surface area contributed by atoms with E-state index in [1.165, 1.54) is 6.07 Å². The normalized spacial score (nSPS) is 10.2. The molecule has 21 heavy (non-hydrogen) atoms. The van der Waals surface area contributed by atoms with E-state index in [0.717, 1.165) is 20.2 Å². The summed E-state index contributed by atoms with van der Waals surface area (Å²) in [4.78, 5) is 10.9. The number of nitrogens with one attached hydrogen (secondary N) is 1. The van der Waals surface area contributed by atoms with Crippen molar-refractivity contribution in [2.24, 2.45) is 0 Å². The standard InChI is InChI=1S/C14H10Br2N2O2S/c1-8-6-9(2-5-13(8)18(19)20)14(21)17-12-7-10(15)3-4-11(12)16/h2-7H,1H3,(H,17,21). The fraction of sp³-hybridized carbons (Fsp3) is 0.0714. The summed E-state index contributed by atoms with van der Waals surface area (Å²) in [6, 6.07) is 10.5. The Bertz CT molecular complexity index is 735. The average molecular weight is 430 g/mol. The first-order valence-electron chi connectivity index (χ1n) is 5.90. The van der Waals surface area contributed by atoms with Crippen LogP contribution < -0.4 is 5.32 Å². The SMILES string of the molecule is Cc1cc(C(=S)Nc2cc(Br)ccc2Br)ccc1[N+](=O)[O-]. The molecule has 0 saturated heterocycles. The predicted molar refractivity (Wildman–Crippen MR) is 95.0 cm³/mol. The van der Waals surface area contributed by atoms with Gasteiger partial charge in [0.15, 0.2) is 0 Å². The largest absolute Gasteiger partial charge is 0.345 e. The summed E-state index contributed by atoms with van der Waals surface area (Å²) < 4.78 is 1.81. The van der Waals surface area contributed by atoms with Crippen molar-refractivity contribution in [2.75, 3.05) is 5.32 Å². The number of rotatable bonds is 3. The van der Waals surface area contributed by atoms with Gasteiger partial charge in [0.2, 0.25) is 0 Å². The Balaban J connectivity index is 2.26. The number of anilines is 1. The van der Waals surface area contributed by atoms with Gasteiger partial charge in [0.25, 0.3) is 5.69 Å². The van der Waals surface area contributed by atoms with Crippen LogP contribution in [0.2, 0.25) is 0 Å². The average Bonchev–Trinajstić information content (AvgIpc) is 2.42. The molecule has 0 amide bonds. The van der Waals surface area contributed by atoms with E-state index in [2.05, 4.69) is 37.2 Å². The highest BCUT2D eigenvalue weighted by Gasteiger charge is 2.12. The molecule has 0 aliphatic carbocycles. The van der Waals surface area contributed by atoms with E-state index in [0.29, 0.717) is 10.6 Å². The van der Waals surface area contributed by atoms with Crippen LogP contribution in [0.1, 0.15) is 11.1 Å². The fourth-order valence-corrected chi connectivity index (χ4v) is 2.73. The zero-order valence-corrected chi connectivity index (χ0v) is 14.9. The highest BCUT2D eigenvalue weighted by molar-refractivity contribution is 9.11. The highest BCUT2D eigenvalue weighted by Crippen LogP contribution is 2.27. The first kappa shape index (κ1) is 16.1. The molecule has 0 fully saturated rings. The molecule has 2 aromatic carbocycles. The van der Waals surface area contributed by atoms with Crippen molar-refractivity contribution in [1.29, 1.82) is 0 Å². The van der Waals surface area contributed by atoms with E-state index in [1.54, 1.807) is 19.1 Å². The molecular weight excluding hydrogens is 420 g/mol. The first-order chi connectivity index (χ1) is 9.88. The molecule has 0 atom stereocenters. The zero-order valence-electron chi connectivity index (χ0n) is 10.9. The van der Waals surface area contributed by atoms with Crippen LogP contribution in [0.15, 0.2) is 45.3 Å². The number of nitro groups is 1. The Morgan fingerprint density at radius 1 is 1.24 bits per heavy atom. The highest BCUT2D eigenvalue weighted by atomic mass is 79.9. The van der Waals surface area contributed by atoms with Crippen molar-refractivity contribution in [3.8, 4) is 0 Å². The summed E-state index contributed by atoms with van der Waals surface area (Å²) >= 11 is 12.2. The van der Waals surface area contributed by atoms with Crippen molar-refractivity contribution in [2.45, 2.75) is 6.92 Å². The predicted octanol–water partition coefficient (Wildman–Crippen LogP) is 5.22.